The fourth-order valence-corrected chi connectivity index (χ4v) is 4.07. The Labute approximate surface area is 162 Å². The van der Waals surface area contributed by atoms with Crippen molar-refractivity contribution in [1.29, 1.82) is 0 Å². The Morgan fingerprint density at radius 1 is 1.31 bits per heavy atom. The van der Waals surface area contributed by atoms with Crippen LogP contribution in [-0.4, -0.2) is 42.7 Å². The Morgan fingerprint density at radius 3 is 2.77 bits per heavy atom. The van der Waals surface area contributed by atoms with Crippen molar-refractivity contribution in [1.82, 2.24) is 20.5 Å². The van der Waals surface area contributed by atoms with Gasteiger partial charge in [-0.05, 0) is 19.1 Å². The summed E-state index contributed by atoms with van der Waals surface area (Å²) >= 11 is 7.22. The van der Waals surface area contributed by atoms with E-state index >= 15 is 0 Å². The highest BCUT2D eigenvalue weighted by Gasteiger charge is 2.21. The van der Waals surface area contributed by atoms with E-state index in [0.717, 1.165) is 11.1 Å². The molecule has 136 valence electrons. The smallest absolute Gasteiger partial charge is 0.273 e. The first kappa shape index (κ1) is 14.8. The highest BCUT2D eigenvalue weighted by molar-refractivity contribution is 7.90. The molecular weight excluding hydrogens is 398 g/mol. The van der Waals surface area contributed by atoms with Crippen LogP contribution in [0.15, 0.2) is 23.1 Å². The molecule has 0 bridgehead atoms. The molecule has 3 aromatic rings. The number of hydrogen-bond donors (Lipinski definition) is 2. The van der Waals surface area contributed by atoms with Gasteiger partial charge in [-0.2, -0.15) is 0 Å². The fraction of sp³-hybridized carbons (Fsp3) is 0.200. The van der Waals surface area contributed by atoms with Crippen LogP contribution in [-0.2, 0) is 9.84 Å². The molecule has 1 amide bonds. The monoisotopic (exact) mass is 414 g/mol. The average molecular weight is 415 g/mol. The minimum atomic E-state index is -3.69. The lowest BCUT2D eigenvalue weighted by molar-refractivity contribution is 0.0958. The lowest BCUT2D eigenvalue weighted by Gasteiger charge is -2.12. The molecule has 0 saturated carbocycles. The van der Waals surface area contributed by atoms with Gasteiger partial charge in [0.15, 0.2) is 26.5 Å². The minimum Gasteiger partial charge on any atom is -0.354 e. The van der Waals surface area contributed by atoms with Crippen LogP contribution in [0, 0.1) is 6.92 Å². The van der Waals surface area contributed by atoms with E-state index in [2.05, 4.69) is 20.5 Å². The van der Waals surface area contributed by atoms with E-state index in [-0.39, 0.29) is 27.2 Å². The molecule has 0 aromatic carbocycles. The normalized spacial score (nSPS) is 13.7. The van der Waals surface area contributed by atoms with E-state index in [1.807, 2.05) is 13.0 Å². The summed E-state index contributed by atoms with van der Waals surface area (Å²) in [7, 11) is -3.69. The van der Waals surface area contributed by atoms with E-state index in [0.29, 0.717) is 10.2 Å². The maximum absolute atomic E-state index is 12.3. The Hall–Kier alpha value is -2.30. The van der Waals surface area contributed by atoms with E-state index < -0.39 is 22.7 Å². The number of anilines is 2. The predicted molar refractivity (Wildman–Crippen MR) is 101 cm³/mol. The first-order valence-corrected chi connectivity index (χ1v) is 10.2. The number of hydrogen-bond acceptors (Lipinski definition) is 8. The summed E-state index contributed by atoms with van der Waals surface area (Å²) in [5.41, 5.74) is -0.425. The molecule has 3 rings (SSSR count). The molecule has 11 heteroatoms. The van der Waals surface area contributed by atoms with Crippen LogP contribution >= 0.6 is 22.9 Å². The molecule has 0 atom stereocenters. The number of nitrogens with zero attached hydrogens (tertiary/aromatic N) is 3. The van der Waals surface area contributed by atoms with Gasteiger partial charge >= 0.3 is 0 Å². The van der Waals surface area contributed by atoms with Crippen molar-refractivity contribution in [3.05, 3.63) is 33.9 Å². The maximum atomic E-state index is 12.3. The van der Waals surface area contributed by atoms with Crippen molar-refractivity contribution in [2.75, 3.05) is 18.5 Å². The zero-order valence-corrected chi connectivity index (χ0v) is 15.9. The van der Waals surface area contributed by atoms with Crippen LogP contribution < -0.4 is 10.6 Å². The van der Waals surface area contributed by atoms with Gasteiger partial charge in [0, 0.05) is 33.7 Å². The molecule has 0 spiro atoms. The second-order valence-electron chi connectivity index (χ2n) is 5.37. The van der Waals surface area contributed by atoms with Gasteiger partial charge in [0.2, 0.25) is 0 Å². The fourth-order valence-electron chi connectivity index (χ4n) is 2.27. The number of aromatic nitrogens is 3. The highest BCUT2D eigenvalue weighted by Crippen LogP contribution is 2.32. The lowest BCUT2D eigenvalue weighted by Crippen LogP contribution is -2.21. The van der Waals surface area contributed by atoms with Crippen LogP contribution in [0.4, 0.5) is 11.5 Å². The molecule has 0 radical (unpaired) electrons. The number of amides is 1. The van der Waals surface area contributed by atoms with Gasteiger partial charge in [0.1, 0.15) is 9.73 Å². The van der Waals surface area contributed by atoms with Crippen LogP contribution in [0.5, 0.6) is 0 Å². The highest BCUT2D eigenvalue weighted by atomic mass is 35.5. The third-order valence-electron chi connectivity index (χ3n) is 3.34. The minimum absolute atomic E-state index is 0.0446. The van der Waals surface area contributed by atoms with Gasteiger partial charge < -0.3 is 10.6 Å². The van der Waals surface area contributed by atoms with Crippen molar-refractivity contribution in [3.63, 3.8) is 0 Å². The molecule has 0 aliphatic heterocycles. The van der Waals surface area contributed by atoms with Crippen molar-refractivity contribution < 1.29 is 17.3 Å². The van der Waals surface area contributed by atoms with Gasteiger partial charge in [-0.1, -0.05) is 11.6 Å². The van der Waals surface area contributed by atoms with Crippen molar-refractivity contribution in [2.24, 2.45) is 0 Å². The standard InChI is InChI=1S/C15H14ClN5O3S2/c1-7-4-8-5-10(26(3,23)24)13(19-15(8)25-7)18-9-6-11(16)20-21-12(9)14(22)17-2/h4-6H,1-3H3,(H,17,22)(H,18,19,20)/i2D3. The zero-order chi connectivity index (χ0) is 21.6. The Kier molecular flexibility index (Phi) is 3.87. The quantitative estimate of drug-likeness (QED) is 0.674. The third-order valence-corrected chi connectivity index (χ3v) is 5.60. The Morgan fingerprint density at radius 2 is 2.08 bits per heavy atom. The number of rotatable bonds is 4. The van der Waals surface area contributed by atoms with E-state index in [1.54, 1.807) is 5.32 Å². The number of sulfone groups is 1. The number of pyridine rings is 1. The van der Waals surface area contributed by atoms with Gasteiger partial charge in [-0.15, -0.1) is 21.5 Å². The predicted octanol–water partition coefficient (Wildman–Crippen LogP) is 2.55. The molecule has 0 aliphatic carbocycles. The maximum Gasteiger partial charge on any atom is 0.273 e. The van der Waals surface area contributed by atoms with Crippen LogP contribution in [0.2, 0.25) is 5.15 Å². The average Bonchev–Trinajstić information content (AvgIpc) is 2.90. The summed E-state index contributed by atoms with van der Waals surface area (Å²) in [6, 6.07) is 4.51. The van der Waals surface area contributed by atoms with Crippen molar-refractivity contribution >= 4 is 60.4 Å². The van der Waals surface area contributed by atoms with Gasteiger partial charge in [0.25, 0.3) is 5.91 Å². The molecule has 8 nitrogen and oxygen atoms in total. The largest absolute Gasteiger partial charge is 0.354 e. The lowest BCUT2D eigenvalue weighted by atomic mass is 10.3. The number of aryl methyl sites for hydroxylation is 1. The van der Waals surface area contributed by atoms with E-state index in [4.69, 9.17) is 15.7 Å². The second-order valence-corrected chi connectivity index (χ2v) is 8.97. The summed E-state index contributed by atoms with van der Waals surface area (Å²) in [6.45, 7) is -0.886. The topological polar surface area (TPSA) is 114 Å². The first-order valence-electron chi connectivity index (χ1n) is 8.57. The van der Waals surface area contributed by atoms with Crippen molar-refractivity contribution in [3.8, 4) is 0 Å². The number of halogens is 1. The molecule has 3 heterocycles. The summed E-state index contributed by atoms with van der Waals surface area (Å²) in [4.78, 5) is 18.1. The molecule has 3 aromatic heterocycles. The number of carbonyl (C=O) groups excluding carboxylic acids is 1. The third kappa shape index (κ3) is 3.62. The number of fused-ring (bicyclic) bond motifs is 1. The van der Waals surface area contributed by atoms with Crippen LogP contribution in [0.3, 0.4) is 0 Å². The van der Waals surface area contributed by atoms with Crippen LogP contribution in [0.25, 0.3) is 10.2 Å². The summed E-state index contributed by atoms with van der Waals surface area (Å²) in [5.74, 6) is -1.08. The Balaban J connectivity index is 2.13. The molecule has 2 N–H and O–H groups in total. The molecule has 0 aliphatic rings. The van der Waals surface area contributed by atoms with Crippen molar-refractivity contribution in [2.45, 2.75) is 11.8 Å². The van der Waals surface area contributed by atoms with E-state index in [9.17, 15) is 13.2 Å². The Bertz CT molecular complexity index is 1230. The number of nitrogens with one attached hydrogen (secondary N) is 2. The molecule has 26 heavy (non-hydrogen) atoms. The molecule has 0 saturated heterocycles. The zero-order valence-electron chi connectivity index (χ0n) is 16.5. The number of carbonyl (C=O) groups is 1. The van der Waals surface area contributed by atoms with Gasteiger partial charge in [-0.3, -0.25) is 4.79 Å². The van der Waals surface area contributed by atoms with Gasteiger partial charge in [-0.25, -0.2) is 13.4 Å². The molecule has 0 fully saturated rings. The van der Waals surface area contributed by atoms with Gasteiger partial charge in [0.05, 0.1) is 5.69 Å². The van der Waals surface area contributed by atoms with Crippen LogP contribution in [0.1, 0.15) is 19.5 Å². The molecular formula is C15H14ClN5O3S2. The summed E-state index contributed by atoms with van der Waals surface area (Å²) < 4.78 is 46.1. The molecule has 0 unspecified atom stereocenters. The summed E-state index contributed by atoms with van der Waals surface area (Å²) in [6.07, 6.45) is 1.03. The first-order chi connectivity index (χ1) is 13.3. The summed E-state index contributed by atoms with van der Waals surface area (Å²) in [5, 5.41) is 12.3. The van der Waals surface area contributed by atoms with E-state index in [1.165, 1.54) is 23.5 Å². The second kappa shape index (κ2) is 6.78. The number of thiophene rings is 1. The SMILES string of the molecule is [2H]C([2H])([2H])NC(=O)c1nnc(Cl)cc1Nc1nc2sc(C)cc2cc1S(C)(=O)=O.